The first-order chi connectivity index (χ1) is 14.1. The third-order valence-corrected chi connectivity index (χ3v) is 4.60. The molecular formula is C20H25N5O4. The summed E-state index contributed by atoms with van der Waals surface area (Å²) in [6.07, 6.45) is 4.00. The first-order valence-corrected chi connectivity index (χ1v) is 9.54. The lowest BCUT2D eigenvalue weighted by molar-refractivity contribution is 0.0856. The average Bonchev–Trinajstić information content (AvgIpc) is 2.75. The first kappa shape index (κ1) is 20.4. The van der Waals surface area contributed by atoms with Gasteiger partial charge in [0, 0.05) is 24.8 Å². The van der Waals surface area contributed by atoms with Crippen molar-refractivity contribution < 1.29 is 19.1 Å². The standard InChI is InChI=1S/C20H25N5O4/c1-3-29-20(27)25-10-8-15(9-11-25)24-19(26)17-12-22-18(13-21-17)23-14-4-6-16(28-2)7-5-14/h4-7,12-13,15H,3,8-11H2,1-2H3,(H,22,23)(H,24,26). The number of amides is 2. The smallest absolute Gasteiger partial charge is 0.409 e. The normalized spacial score (nSPS) is 14.2. The lowest BCUT2D eigenvalue weighted by Crippen LogP contribution is -2.46. The average molecular weight is 399 g/mol. The van der Waals surface area contributed by atoms with E-state index in [9.17, 15) is 9.59 Å². The molecule has 2 amide bonds. The number of carbonyl (C=O) groups excluding carboxylic acids is 2. The highest BCUT2D eigenvalue weighted by Crippen LogP contribution is 2.18. The Balaban J connectivity index is 1.49. The fourth-order valence-corrected chi connectivity index (χ4v) is 3.01. The van der Waals surface area contributed by atoms with Crippen LogP contribution in [0, 0.1) is 0 Å². The summed E-state index contributed by atoms with van der Waals surface area (Å²) in [7, 11) is 1.61. The number of ether oxygens (including phenoxy) is 2. The minimum absolute atomic E-state index is 0.00734. The Kier molecular flexibility index (Phi) is 6.83. The highest BCUT2D eigenvalue weighted by molar-refractivity contribution is 5.92. The van der Waals surface area contributed by atoms with Gasteiger partial charge in [-0.15, -0.1) is 0 Å². The summed E-state index contributed by atoms with van der Waals surface area (Å²) in [5.41, 5.74) is 1.09. The van der Waals surface area contributed by atoms with Crippen molar-refractivity contribution in [1.29, 1.82) is 0 Å². The zero-order valence-corrected chi connectivity index (χ0v) is 16.6. The molecule has 0 aliphatic carbocycles. The molecule has 9 heteroatoms. The van der Waals surface area contributed by atoms with Crippen molar-refractivity contribution >= 4 is 23.5 Å². The van der Waals surface area contributed by atoms with E-state index in [1.807, 2.05) is 24.3 Å². The van der Waals surface area contributed by atoms with E-state index in [0.717, 1.165) is 11.4 Å². The van der Waals surface area contributed by atoms with Gasteiger partial charge in [-0.3, -0.25) is 4.79 Å². The molecule has 0 saturated carbocycles. The molecule has 1 saturated heterocycles. The van der Waals surface area contributed by atoms with E-state index in [2.05, 4.69) is 20.6 Å². The highest BCUT2D eigenvalue weighted by Gasteiger charge is 2.25. The van der Waals surface area contributed by atoms with Crippen molar-refractivity contribution in [3.8, 4) is 5.75 Å². The second-order valence-electron chi connectivity index (χ2n) is 6.57. The summed E-state index contributed by atoms with van der Waals surface area (Å²) in [5.74, 6) is 1.03. The maximum Gasteiger partial charge on any atom is 0.409 e. The van der Waals surface area contributed by atoms with Gasteiger partial charge in [0.15, 0.2) is 0 Å². The van der Waals surface area contributed by atoms with Crippen LogP contribution in [0.25, 0.3) is 0 Å². The van der Waals surface area contributed by atoms with Crippen molar-refractivity contribution in [2.24, 2.45) is 0 Å². The number of hydrogen-bond acceptors (Lipinski definition) is 7. The predicted octanol–water partition coefficient (Wildman–Crippen LogP) is 2.58. The quantitative estimate of drug-likeness (QED) is 0.769. The fraction of sp³-hybridized carbons (Fsp3) is 0.400. The molecule has 3 rings (SSSR count). The number of aromatic nitrogens is 2. The Bertz CT molecular complexity index is 818. The van der Waals surface area contributed by atoms with Crippen molar-refractivity contribution in [2.45, 2.75) is 25.8 Å². The number of likely N-dealkylation sites (tertiary alicyclic amines) is 1. The number of hydrogen-bond donors (Lipinski definition) is 2. The number of carbonyl (C=O) groups is 2. The molecule has 1 aromatic heterocycles. The van der Waals surface area contributed by atoms with Gasteiger partial charge < -0.3 is 25.0 Å². The van der Waals surface area contributed by atoms with E-state index in [1.165, 1.54) is 12.4 Å². The van der Waals surface area contributed by atoms with Crippen LogP contribution >= 0.6 is 0 Å². The molecule has 29 heavy (non-hydrogen) atoms. The molecule has 0 unspecified atom stereocenters. The first-order valence-electron chi connectivity index (χ1n) is 9.54. The zero-order chi connectivity index (χ0) is 20.6. The minimum Gasteiger partial charge on any atom is -0.497 e. The molecule has 1 aromatic carbocycles. The van der Waals surface area contributed by atoms with Crippen LogP contribution in [0.2, 0.25) is 0 Å². The second kappa shape index (κ2) is 9.72. The lowest BCUT2D eigenvalue weighted by atomic mass is 10.1. The summed E-state index contributed by atoms with van der Waals surface area (Å²) in [6, 6.07) is 7.40. The number of rotatable bonds is 6. The van der Waals surface area contributed by atoms with Crippen LogP contribution in [0.4, 0.5) is 16.3 Å². The maximum absolute atomic E-state index is 12.4. The van der Waals surface area contributed by atoms with Gasteiger partial charge >= 0.3 is 6.09 Å². The number of nitrogens with one attached hydrogen (secondary N) is 2. The second-order valence-corrected chi connectivity index (χ2v) is 6.57. The molecule has 1 aliphatic rings. The molecule has 1 aliphatic heterocycles. The molecular weight excluding hydrogens is 374 g/mol. The van der Waals surface area contributed by atoms with Crippen LogP contribution in [0.15, 0.2) is 36.7 Å². The van der Waals surface area contributed by atoms with Crippen molar-refractivity contribution in [2.75, 3.05) is 32.1 Å². The highest BCUT2D eigenvalue weighted by atomic mass is 16.6. The lowest BCUT2D eigenvalue weighted by Gasteiger charge is -2.31. The van der Waals surface area contributed by atoms with Crippen LogP contribution in [-0.4, -0.2) is 59.7 Å². The Morgan fingerprint density at radius 1 is 1.14 bits per heavy atom. The van der Waals surface area contributed by atoms with E-state index in [-0.39, 0.29) is 23.7 Å². The molecule has 154 valence electrons. The molecule has 9 nitrogen and oxygen atoms in total. The number of nitrogens with zero attached hydrogens (tertiary/aromatic N) is 3. The molecule has 0 bridgehead atoms. The van der Waals surface area contributed by atoms with Gasteiger partial charge in [0.25, 0.3) is 5.91 Å². The van der Waals surface area contributed by atoms with Crippen LogP contribution in [0.3, 0.4) is 0 Å². The van der Waals surface area contributed by atoms with Gasteiger partial charge in [-0.1, -0.05) is 0 Å². The van der Waals surface area contributed by atoms with Crippen LogP contribution in [-0.2, 0) is 4.74 Å². The summed E-state index contributed by atoms with van der Waals surface area (Å²) in [6.45, 7) is 3.25. The van der Waals surface area contributed by atoms with E-state index < -0.39 is 0 Å². The number of benzene rings is 1. The largest absolute Gasteiger partial charge is 0.497 e. The Morgan fingerprint density at radius 3 is 2.45 bits per heavy atom. The molecule has 0 radical (unpaired) electrons. The van der Waals surface area contributed by atoms with Gasteiger partial charge in [0.2, 0.25) is 0 Å². The Hall–Kier alpha value is -3.36. The molecule has 2 heterocycles. The van der Waals surface area contributed by atoms with E-state index in [0.29, 0.717) is 38.4 Å². The Labute approximate surface area is 169 Å². The Morgan fingerprint density at radius 2 is 1.86 bits per heavy atom. The van der Waals surface area contributed by atoms with Crippen LogP contribution < -0.4 is 15.4 Å². The minimum atomic E-state index is -0.303. The monoisotopic (exact) mass is 399 g/mol. The third kappa shape index (κ3) is 5.56. The van der Waals surface area contributed by atoms with Crippen molar-refractivity contribution in [3.63, 3.8) is 0 Å². The van der Waals surface area contributed by atoms with E-state index in [4.69, 9.17) is 9.47 Å². The summed E-state index contributed by atoms with van der Waals surface area (Å²) >= 11 is 0. The third-order valence-electron chi connectivity index (χ3n) is 4.60. The maximum atomic E-state index is 12.4. The van der Waals surface area contributed by atoms with Gasteiger partial charge in [0.1, 0.15) is 17.3 Å². The van der Waals surface area contributed by atoms with Gasteiger partial charge in [-0.2, -0.15) is 0 Å². The molecule has 0 atom stereocenters. The SMILES string of the molecule is CCOC(=O)N1CCC(NC(=O)c2cnc(Nc3ccc(OC)cc3)cn2)CC1. The van der Waals surface area contributed by atoms with Gasteiger partial charge in [-0.05, 0) is 44.0 Å². The fourth-order valence-electron chi connectivity index (χ4n) is 3.01. The predicted molar refractivity (Wildman–Crippen MR) is 107 cm³/mol. The summed E-state index contributed by atoms with van der Waals surface area (Å²) in [5, 5.41) is 6.07. The number of methoxy groups -OCH3 is 1. The van der Waals surface area contributed by atoms with Crippen molar-refractivity contribution in [1.82, 2.24) is 20.2 Å². The van der Waals surface area contributed by atoms with Gasteiger partial charge in [0.05, 0.1) is 26.1 Å². The van der Waals surface area contributed by atoms with E-state index in [1.54, 1.807) is 18.9 Å². The van der Waals surface area contributed by atoms with Crippen molar-refractivity contribution in [3.05, 3.63) is 42.4 Å². The molecule has 2 aromatic rings. The molecule has 1 fully saturated rings. The number of piperidine rings is 1. The molecule has 2 N–H and O–H groups in total. The summed E-state index contributed by atoms with van der Waals surface area (Å²) < 4.78 is 10.1. The van der Waals surface area contributed by atoms with Gasteiger partial charge in [-0.25, -0.2) is 14.8 Å². The van der Waals surface area contributed by atoms with Crippen LogP contribution in [0.5, 0.6) is 5.75 Å². The summed E-state index contributed by atoms with van der Waals surface area (Å²) in [4.78, 5) is 34.3. The van der Waals surface area contributed by atoms with Crippen LogP contribution in [0.1, 0.15) is 30.3 Å². The molecule has 0 spiro atoms. The topological polar surface area (TPSA) is 106 Å². The zero-order valence-electron chi connectivity index (χ0n) is 16.6. The van der Waals surface area contributed by atoms with E-state index >= 15 is 0 Å². The number of anilines is 2.